The summed E-state index contributed by atoms with van der Waals surface area (Å²) in [6, 6.07) is 17.0. The summed E-state index contributed by atoms with van der Waals surface area (Å²) in [5, 5.41) is 16.2. The molecule has 1 saturated heterocycles. The first kappa shape index (κ1) is 31.2. The van der Waals surface area contributed by atoms with Crippen LogP contribution in [-0.2, 0) is 16.6 Å². The van der Waals surface area contributed by atoms with Crippen LogP contribution in [0.15, 0.2) is 66.9 Å². The number of fused-ring (bicyclic) bond motifs is 1. The van der Waals surface area contributed by atoms with Crippen molar-refractivity contribution in [2.75, 3.05) is 25.5 Å². The van der Waals surface area contributed by atoms with Crippen LogP contribution in [0.25, 0.3) is 28.4 Å². The zero-order valence-electron chi connectivity index (χ0n) is 26.7. The van der Waals surface area contributed by atoms with Gasteiger partial charge in [0.1, 0.15) is 5.54 Å². The molecule has 6 rings (SSSR count). The number of anilines is 1. The minimum Gasteiger partial charge on any atom is -0.478 e. The molecule has 1 aliphatic heterocycles. The molecule has 1 aliphatic carbocycles. The Hall–Kier alpha value is -4.76. The van der Waals surface area contributed by atoms with Crippen LogP contribution in [0.5, 0.6) is 0 Å². The largest absolute Gasteiger partial charge is 0.478 e. The lowest BCUT2D eigenvalue weighted by Crippen LogP contribution is -2.61. The third-order valence-corrected chi connectivity index (χ3v) is 9.63. The molecule has 0 unspecified atom stereocenters. The van der Waals surface area contributed by atoms with E-state index < -0.39 is 11.5 Å². The first-order valence-electron chi connectivity index (χ1n) is 16.0. The Bertz CT molecular complexity index is 1790. The van der Waals surface area contributed by atoms with Crippen LogP contribution in [0.3, 0.4) is 0 Å². The van der Waals surface area contributed by atoms with Crippen molar-refractivity contribution in [2.45, 2.75) is 56.9 Å². The van der Waals surface area contributed by atoms with E-state index in [4.69, 9.17) is 10.1 Å². The topological polar surface area (TPSA) is 117 Å². The van der Waals surface area contributed by atoms with Gasteiger partial charge in [0, 0.05) is 54.6 Å². The molecule has 0 atom stereocenters. The smallest absolute Gasteiger partial charge is 0.328 e. The van der Waals surface area contributed by atoms with E-state index in [0.29, 0.717) is 48.7 Å². The zero-order valence-corrected chi connectivity index (χ0v) is 26.7. The van der Waals surface area contributed by atoms with Gasteiger partial charge < -0.3 is 25.2 Å². The molecule has 3 heterocycles. The number of pyridine rings is 1. The number of benzene rings is 2. The number of hydrogen-bond donors (Lipinski definition) is 3. The number of aryl methyl sites for hydroxylation is 2. The van der Waals surface area contributed by atoms with Gasteiger partial charge in [-0.3, -0.25) is 14.6 Å². The number of rotatable bonds is 8. The summed E-state index contributed by atoms with van der Waals surface area (Å²) in [5.41, 5.74) is 6.15. The predicted molar refractivity (Wildman–Crippen MR) is 181 cm³/mol. The number of amides is 2. The highest BCUT2D eigenvalue weighted by atomic mass is 16.4. The monoisotopic (exact) mass is 619 g/mol. The van der Waals surface area contributed by atoms with Crippen LogP contribution in [0.4, 0.5) is 5.69 Å². The van der Waals surface area contributed by atoms with Gasteiger partial charge in [-0.05, 0) is 98.7 Å². The first-order valence-corrected chi connectivity index (χ1v) is 16.0. The molecule has 2 fully saturated rings. The van der Waals surface area contributed by atoms with Gasteiger partial charge in [0.05, 0.1) is 11.4 Å². The fraction of sp³-hybridized carbons (Fsp3) is 0.351. The van der Waals surface area contributed by atoms with E-state index in [1.807, 2.05) is 39.3 Å². The Morgan fingerprint density at radius 1 is 0.978 bits per heavy atom. The summed E-state index contributed by atoms with van der Waals surface area (Å²) < 4.78 is 2.17. The van der Waals surface area contributed by atoms with E-state index in [0.717, 1.165) is 46.8 Å². The molecule has 46 heavy (non-hydrogen) atoms. The number of carboxylic acids is 1. The maximum atomic E-state index is 14.0. The standard InChI is InChI=1S/C37H41N5O4/c1-24-8-16-30(38-23-24)34-33(26-6-4-5-7-26)29-15-12-27(22-31(29)42(34)3)35(45)40-37(18-20-41(2)21-19-37)36(46)39-28-13-9-25(10-14-28)11-17-32(43)44/h8-17,22-23,26H,4-7,18-21H2,1-3H3,(H,39,46)(H,40,45)(H,43,44)/b17-11+. The molecule has 2 aromatic carbocycles. The lowest BCUT2D eigenvalue weighted by molar-refractivity contribution is -0.131. The molecule has 238 valence electrons. The van der Waals surface area contributed by atoms with E-state index in [1.165, 1.54) is 24.5 Å². The SMILES string of the molecule is Cc1ccc(-c2c(C3CCCC3)c3ccc(C(=O)NC4(C(=O)Nc5ccc(/C=C/C(=O)O)cc5)CCN(C)CC4)cc3n2C)nc1. The van der Waals surface area contributed by atoms with E-state index in [1.54, 1.807) is 24.3 Å². The van der Waals surface area contributed by atoms with Gasteiger partial charge in [-0.15, -0.1) is 0 Å². The van der Waals surface area contributed by atoms with Crippen LogP contribution >= 0.6 is 0 Å². The molecule has 0 radical (unpaired) electrons. The molecule has 2 aliphatic rings. The van der Waals surface area contributed by atoms with E-state index in [2.05, 4.69) is 38.3 Å². The van der Waals surface area contributed by atoms with Crippen molar-refractivity contribution in [2.24, 2.45) is 7.05 Å². The van der Waals surface area contributed by atoms with Gasteiger partial charge in [-0.1, -0.05) is 37.1 Å². The van der Waals surface area contributed by atoms with Gasteiger partial charge in [-0.2, -0.15) is 0 Å². The van der Waals surface area contributed by atoms with E-state index >= 15 is 0 Å². The molecule has 1 saturated carbocycles. The molecule has 9 heteroatoms. The number of nitrogens with one attached hydrogen (secondary N) is 2. The van der Waals surface area contributed by atoms with Crippen molar-refractivity contribution in [1.29, 1.82) is 0 Å². The maximum Gasteiger partial charge on any atom is 0.328 e. The summed E-state index contributed by atoms with van der Waals surface area (Å²) in [7, 11) is 4.06. The molecule has 4 aromatic rings. The minimum absolute atomic E-state index is 0.265. The number of aromatic nitrogens is 2. The van der Waals surface area contributed by atoms with E-state index in [9.17, 15) is 14.4 Å². The Labute approximate surface area is 269 Å². The molecule has 0 bridgehead atoms. The Kier molecular flexibility index (Phi) is 8.77. The molecule has 2 aromatic heterocycles. The van der Waals surface area contributed by atoms with Crippen LogP contribution in [-0.4, -0.2) is 63.0 Å². The normalized spacial score (nSPS) is 17.0. The highest BCUT2D eigenvalue weighted by Crippen LogP contribution is 2.44. The second-order valence-corrected chi connectivity index (χ2v) is 12.8. The molecular formula is C37H41N5O4. The van der Waals surface area contributed by atoms with Gasteiger partial charge in [0.2, 0.25) is 5.91 Å². The molecule has 0 spiro atoms. The second kappa shape index (κ2) is 12.9. The number of piperidine rings is 1. The fourth-order valence-electron chi connectivity index (χ4n) is 6.95. The van der Waals surface area contributed by atoms with Crippen molar-refractivity contribution in [3.63, 3.8) is 0 Å². The Balaban J connectivity index is 1.30. The van der Waals surface area contributed by atoms with Gasteiger partial charge >= 0.3 is 5.97 Å². The number of carbonyl (C=O) groups excluding carboxylic acids is 2. The Morgan fingerprint density at radius 2 is 1.70 bits per heavy atom. The van der Waals surface area contributed by atoms with Gasteiger partial charge in [-0.25, -0.2) is 4.79 Å². The van der Waals surface area contributed by atoms with Crippen molar-refractivity contribution in [3.8, 4) is 11.4 Å². The summed E-state index contributed by atoms with van der Waals surface area (Å²) in [6.07, 6.45) is 10.1. The van der Waals surface area contributed by atoms with Crippen LogP contribution < -0.4 is 10.6 Å². The average Bonchev–Trinajstić information content (AvgIpc) is 3.68. The minimum atomic E-state index is -1.08. The highest BCUT2D eigenvalue weighted by molar-refractivity contribution is 6.05. The van der Waals surface area contributed by atoms with Crippen LogP contribution in [0, 0.1) is 6.92 Å². The van der Waals surface area contributed by atoms with Gasteiger partial charge in [0.25, 0.3) is 5.91 Å². The number of nitrogens with zero attached hydrogens (tertiary/aromatic N) is 3. The lowest BCUT2D eigenvalue weighted by Gasteiger charge is -2.40. The Morgan fingerprint density at radius 3 is 2.35 bits per heavy atom. The summed E-state index contributed by atoms with van der Waals surface area (Å²) in [4.78, 5) is 45.6. The van der Waals surface area contributed by atoms with Crippen molar-refractivity contribution in [1.82, 2.24) is 19.8 Å². The summed E-state index contributed by atoms with van der Waals surface area (Å²) in [6.45, 7) is 3.37. The van der Waals surface area contributed by atoms with Crippen molar-refractivity contribution in [3.05, 3.63) is 89.1 Å². The predicted octanol–water partition coefficient (Wildman–Crippen LogP) is 6.14. The number of carbonyl (C=O) groups is 3. The highest BCUT2D eigenvalue weighted by Gasteiger charge is 2.42. The first-order chi connectivity index (χ1) is 22.1. The summed E-state index contributed by atoms with van der Waals surface area (Å²) in [5.74, 6) is -1.12. The third-order valence-electron chi connectivity index (χ3n) is 9.63. The maximum absolute atomic E-state index is 14.0. The third kappa shape index (κ3) is 6.33. The number of hydrogen-bond acceptors (Lipinski definition) is 5. The average molecular weight is 620 g/mol. The zero-order chi connectivity index (χ0) is 32.4. The van der Waals surface area contributed by atoms with Crippen LogP contribution in [0.1, 0.15) is 71.5 Å². The number of aliphatic carboxylic acids is 1. The quantitative estimate of drug-likeness (QED) is 0.204. The van der Waals surface area contributed by atoms with Crippen molar-refractivity contribution < 1.29 is 19.5 Å². The molecular weight excluding hydrogens is 578 g/mol. The molecule has 2 amide bonds. The van der Waals surface area contributed by atoms with Gasteiger partial charge in [0.15, 0.2) is 0 Å². The lowest BCUT2D eigenvalue weighted by atomic mass is 9.86. The van der Waals surface area contributed by atoms with E-state index in [-0.39, 0.29) is 11.8 Å². The van der Waals surface area contributed by atoms with Crippen LogP contribution in [0.2, 0.25) is 0 Å². The molecule has 3 N–H and O–H groups in total. The fourth-order valence-corrected chi connectivity index (χ4v) is 6.95. The number of carboxylic acid groups (broad SMARTS) is 1. The summed E-state index contributed by atoms with van der Waals surface area (Å²) >= 11 is 0. The second-order valence-electron chi connectivity index (χ2n) is 12.8. The number of likely N-dealkylation sites (tertiary alicyclic amines) is 1. The van der Waals surface area contributed by atoms with Crippen molar-refractivity contribution >= 4 is 40.4 Å². The molecule has 9 nitrogen and oxygen atoms in total.